The van der Waals surface area contributed by atoms with E-state index in [-0.39, 0.29) is 24.0 Å². The zero-order chi connectivity index (χ0) is 17.6. The number of aryl methyl sites for hydroxylation is 1. The van der Waals surface area contributed by atoms with Gasteiger partial charge in [0, 0.05) is 14.1 Å². The van der Waals surface area contributed by atoms with E-state index in [2.05, 4.69) is 9.46 Å². The molecule has 1 aromatic rings. The first-order valence-electron chi connectivity index (χ1n) is 6.67. The van der Waals surface area contributed by atoms with Gasteiger partial charge in [0.2, 0.25) is 15.9 Å². The molecule has 8 nitrogen and oxygen atoms in total. The highest BCUT2D eigenvalue weighted by atomic mass is 32.2. The van der Waals surface area contributed by atoms with Crippen LogP contribution in [-0.2, 0) is 24.3 Å². The number of benzene rings is 1. The van der Waals surface area contributed by atoms with Crippen LogP contribution in [0.4, 0.5) is 0 Å². The van der Waals surface area contributed by atoms with Crippen LogP contribution in [0.2, 0.25) is 0 Å². The van der Waals surface area contributed by atoms with Crippen molar-refractivity contribution in [1.82, 2.24) is 9.62 Å². The maximum atomic E-state index is 12.1. The summed E-state index contributed by atoms with van der Waals surface area (Å²) in [5, 5.41) is 0. The molecular formula is C14H20N2O6S. The average molecular weight is 344 g/mol. The number of sulfonamides is 1. The average Bonchev–Trinajstić information content (AvgIpc) is 2.50. The van der Waals surface area contributed by atoms with Crippen LogP contribution in [0.1, 0.15) is 5.56 Å². The summed E-state index contributed by atoms with van der Waals surface area (Å²) in [6.45, 7) is 1.06. The Bertz CT molecular complexity index is 685. The molecule has 0 saturated heterocycles. The first-order chi connectivity index (χ1) is 10.7. The third kappa shape index (κ3) is 5.53. The normalized spacial score (nSPS) is 11.0. The van der Waals surface area contributed by atoms with E-state index in [9.17, 15) is 18.0 Å². The van der Waals surface area contributed by atoms with Crippen molar-refractivity contribution >= 4 is 21.9 Å². The Morgan fingerprint density at radius 3 is 2.43 bits per heavy atom. The monoisotopic (exact) mass is 344 g/mol. The van der Waals surface area contributed by atoms with Crippen molar-refractivity contribution in [1.29, 1.82) is 0 Å². The minimum absolute atomic E-state index is 0.00646. The predicted octanol–water partition coefficient (Wildman–Crippen LogP) is -0.0867. The number of methoxy groups -OCH3 is 1. The Hall–Kier alpha value is -2.13. The molecule has 0 heterocycles. The van der Waals surface area contributed by atoms with Crippen molar-refractivity contribution in [3.05, 3.63) is 23.8 Å². The number of hydrogen-bond donors (Lipinski definition) is 1. The Morgan fingerprint density at radius 2 is 1.91 bits per heavy atom. The number of likely N-dealkylation sites (N-methyl/N-ethyl adjacent to an activating group) is 1. The highest BCUT2D eigenvalue weighted by molar-refractivity contribution is 7.89. The van der Waals surface area contributed by atoms with Crippen LogP contribution in [0.5, 0.6) is 5.75 Å². The summed E-state index contributed by atoms with van der Waals surface area (Å²) in [6, 6.07) is 4.18. The number of ether oxygens (including phenoxy) is 2. The van der Waals surface area contributed by atoms with E-state index < -0.39 is 16.0 Å². The van der Waals surface area contributed by atoms with Gasteiger partial charge in [-0.15, -0.1) is 0 Å². The summed E-state index contributed by atoms with van der Waals surface area (Å²) < 4.78 is 36.2. The molecule has 128 valence electrons. The largest absolute Gasteiger partial charge is 0.482 e. The maximum absolute atomic E-state index is 12.1. The van der Waals surface area contributed by atoms with Crippen LogP contribution in [0.3, 0.4) is 0 Å². The van der Waals surface area contributed by atoms with Gasteiger partial charge in [-0.1, -0.05) is 0 Å². The van der Waals surface area contributed by atoms with Crippen LogP contribution in [0, 0.1) is 6.92 Å². The standard InChI is InChI=1S/C14H20N2O6S/c1-10-7-11(5-6-12(10)22-9-14(18)21-4)23(19,20)15-8-13(17)16(2)3/h5-7,15H,8-9H2,1-4H3. The van der Waals surface area contributed by atoms with Crippen molar-refractivity contribution in [2.24, 2.45) is 0 Å². The Kier molecular flexibility index (Phi) is 6.52. The molecule has 0 atom stereocenters. The SMILES string of the molecule is COC(=O)COc1ccc(S(=O)(=O)NCC(=O)N(C)C)cc1C. The van der Waals surface area contributed by atoms with Gasteiger partial charge in [-0.3, -0.25) is 4.79 Å². The minimum Gasteiger partial charge on any atom is -0.482 e. The van der Waals surface area contributed by atoms with Crippen LogP contribution in [0.25, 0.3) is 0 Å². The lowest BCUT2D eigenvalue weighted by molar-refractivity contribution is -0.142. The fourth-order valence-electron chi connectivity index (χ4n) is 1.54. The van der Waals surface area contributed by atoms with E-state index in [4.69, 9.17) is 4.74 Å². The summed E-state index contributed by atoms with van der Waals surface area (Å²) >= 11 is 0. The number of rotatable bonds is 7. The van der Waals surface area contributed by atoms with E-state index in [1.54, 1.807) is 6.92 Å². The van der Waals surface area contributed by atoms with Crippen LogP contribution < -0.4 is 9.46 Å². The van der Waals surface area contributed by atoms with Crippen LogP contribution in [-0.4, -0.2) is 59.6 Å². The molecule has 0 spiro atoms. The molecule has 0 aliphatic carbocycles. The number of carbonyl (C=O) groups excluding carboxylic acids is 2. The predicted molar refractivity (Wildman–Crippen MR) is 82.6 cm³/mol. The molecule has 1 amide bonds. The molecule has 9 heteroatoms. The molecular weight excluding hydrogens is 324 g/mol. The molecule has 0 bridgehead atoms. The summed E-state index contributed by atoms with van der Waals surface area (Å²) in [6.07, 6.45) is 0. The molecule has 0 aliphatic heterocycles. The lowest BCUT2D eigenvalue weighted by Crippen LogP contribution is -2.36. The second-order valence-electron chi connectivity index (χ2n) is 4.90. The van der Waals surface area contributed by atoms with Gasteiger partial charge >= 0.3 is 5.97 Å². The van der Waals surface area contributed by atoms with E-state index in [0.29, 0.717) is 11.3 Å². The first kappa shape index (κ1) is 18.9. The Balaban J connectivity index is 2.83. The van der Waals surface area contributed by atoms with E-state index in [1.165, 1.54) is 44.3 Å². The summed E-state index contributed by atoms with van der Waals surface area (Å²) in [4.78, 5) is 23.8. The Morgan fingerprint density at radius 1 is 1.26 bits per heavy atom. The molecule has 0 aromatic heterocycles. The van der Waals surface area contributed by atoms with Crippen molar-refractivity contribution in [3.63, 3.8) is 0 Å². The number of esters is 1. The van der Waals surface area contributed by atoms with Crippen molar-refractivity contribution < 1.29 is 27.5 Å². The molecule has 0 aliphatic rings. The van der Waals surface area contributed by atoms with Gasteiger partial charge < -0.3 is 14.4 Å². The highest BCUT2D eigenvalue weighted by Gasteiger charge is 2.17. The zero-order valence-corrected chi connectivity index (χ0v) is 14.3. The fourth-order valence-corrected chi connectivity index (χ4v) is 2.60. The number of amides is 1. The van der Waals surface area contributed by atoms with Gasteiger partial charge in [0.1, 0.15) is 5.75 Å². The molecule has 0 radical (unpaired) electrons. The zero-order valence-electron chi connectivity index (χ0n) is 13.5. The van der Waals surface area contributed by atoms with Crippen molar-refractivity contribution in [2.45, 2.75) is 11.8 Å². The van der Waals surface area contributed by atoms with Crippen LogP contribution >= 0.6 is 0 Å². The fraction of sp³-hybridized carbons (Fsp3) is 0.429. The number of nitrogens with one attached hydrogen (secondary N) is 1. The van der Waals surface area contributed by atoms with E-state index in [1.807, 2.05) is 0 Å². The molecule has 0 saturated carbocycles. The Labute approximate surface area is 135 Å². The summed E-state index contributed by atoms with van der Waals surface area (Å²) in [7, 11) is 0.508. The smallest absolute Gasteiger partial charge is 0.343 e. The third-order valence-electron chi connectivity index (χ3n) is 2.94. The van der Waals surface area contributed by atoms with Gasteiger partial charge in [-0.05, 0) is 30.7 Å². The molecule has 1 aromatic carbocycles. The number of hydrogen-bond acceptors (Lipinski definition) is 6. The number of carbonyl (C=O) groups is 2. The van der Waals surface area contributed by atoms with Gasteiger partial charge in [-0.2, -0.15) is 0 Å². The lowest BCUT2D eigenvalue weighted by atomic mass is 10.2. The topological polar surface area (TPSA) is 102 Å². The molecule has 0 unspecified atom stereocenters. The molecule has 0 fully saturated rings. The van der Waals surface area contributed by atoms with Gasteiger partial charge in [0.05, 0.1) is 18.6 Å². The van der Waals surface area contributed by atoms with Gasteiger partial charge in [-0.25, -0.2) is 17.9 Å². The quantitative estimate of drug-likeness (QED) is 0.694. The van der Waals surface area contributed by atoms with Gasteiger partial charge in [0.25, 0.3) is 0 Å². The van der Waals surface area contributed by atoms with Crippen molar-refractivity contribution in [3.8, 4) is 5.75 Å². The lowest BCUT2D eigenvalue weighted by Gasteiger charge is -2.13. The summed E-state index contributed by atoms with van der Waals surface area (Å²) in [5.41, 5.74) is 0.538. The van der Waals surface area contributed by atoms with E-state index in [0.717, 1.165) is 0 Å². The first-order valence-corrected chi connectivity index (χ1v) is 8.15. The van der Waals surface area contributed by atoms with Crippen molar-refractivity contribution in [2.75, 3.05) is 34.4 Å². The van der Waals surface area contributed by atoms with Gasteiger partial charge in [0.15, 0.2) is 6.61 Å². The molecule has 1 N–H and O–H groups in total. The maximum Gasteiger partial charge on any atom is 0.343 e. The molecule has 1 rings (SSSR count). The summed E-state index contributed by atoms with van der Waals surface area (Å²) in [5.74, 6) is -0.521. The minimum atomic E-state index is -3.81. The highest BCUT2D eigenvalue weighted by Crippen LogP contribution is 2.21. The molecule has 23 heavy (non-hydrogen) atoms. The van der Waals surface area contributed by atoms with E-state index >= 15 is 0 Å². The number of nitrogens with zero attached hydrogens (tertiary/aromatic N) is 1. The van der Waals surface area contributed by atoms with Crippen LogP contribution in [0.15, 0.2) is 23.1 Å². The third-order valence-corrected chi connectivity index (χ3v) is 4.34. The second-order valence-corrected chi connectivity index (χ2v) is 6.67. The second kappa shape index (κ2) is 7.93.